The SMILES string of the molecule is O=C(Nc1cccc2[nH]c(-c3ccnc(Cl)c3)nc12)OCc1ccccc1. The summed E-state index contributed by atoms with van der Waals surface area (Å²) in [5, 5.41) is 3.13. The van der Waals surface area contributed by atoms with Gasteiger partial charge in [0.05, 0.1) is 11.2 Å². The van der Waals surface area contributed by atoms with Gasteiger partial charge in [-0.2, -0.15) is 0 Å². The molecule has 0 radical (unpaired) electrons. The van der Waals surface area contributed by atoms with E-state index >= 15 is 0 Å². The van der Waals surface area contributed by atoms with Crippen molar-refractivity contribution in [3.63, 3.8) is 0 Å². The lowest BCUT2D eigenvalue weighted by atomic mass is 10.2. The molecule has 0 aliphatic heterocycles. The van der Waals surface area contributed by atoms with Gasteiger partial charge >= 0.3 is 6.09 Å². The van der Waals surface area contributed by atoms with E-state index in [1.54, 1.807) is 18.3 Å². The third-order valence-electron chi connectivity index (χ3n) is 3.96. The highest BCUT2D eigenvalue weighted by Crippen LogP contribution is 2.26. The highest BCUT2D eigenvalue weighted by Gasteiger charge is 2.12. The van der Waals surface area contributed by atoms with Crippen LogP contribution in [0.15, 0.2) is 66.9 Å². The van der Waals surface area contributed by atoms with Crippen molar-refractivity contribution in [2.24, 2.45) is 0 Å². The predicted octanol–water partition coefficient (Wildman–Crippen LogP) is 5.03. The number of anilines is 1. The maximum absolute atomic E-state index is 12.2. The van der Waals surface area contributed by atoms with Gasteiger partial charge in [0.2, 0.25) is 0 Å². The molecule has 7 heteroatoms. The average molecular weight is 379 g/mol. The Morgan fingerprint density at radius 3 is 2.78 bits per heavy atom. The molecule has 2 aromatic carbocycles. The van der Waals surface area contributed by atoms with Crippen LogP contribution in [0, 0.1) is 0 Å². The lowest BCUT2D eigenvalue weighted by molar-refractivity contribution is 0.155. The van der Waals surface area contributed by atoms with Gasteiger partial charge in [0.1, 0.15) is 23.1 Å². The molecule has 0 spiro atoms. The van der Waals surface area contributed by atoms with Crippen LogP contribution in [-0.2, 0) is 11.3 Å². The number of nitrogens with zero attached hydrogens (tertiary/aromatic N) is 2. The minimum Gasteiger partial charge on any atom is -0.444 e. The van der Waals surface area contributed by atoms with Crippen LogP contribution in [0.2, 0.25) is 5.15 Å². The van der Waals surface area contributed by atoms with Gasteiger partial charge in [-0.15, -0.1) is 0 Å². The lowest BCUT2D eigenvalue weighted by Crippen LogP contribution is -2.13. The smallest absolute Gasteiger partial charge is 0.412 e. The second kappa shape index (κ2) is 7.47. The van der Waals surface area contributed by atoms with Gasteiger partial charge in [-0.05, 0) is 29.8 Å². The molecule has 2 N–H and O–H groups in total. The van der Waals surface area contributed by atoms with Crippen LogP contribution < -0.4 is 5.32 Å². The molecule has 6 nitrogen and oxygen atoms in total. The average Bonchev–Trinajstić information content (AvgIpc) is 3.13. The van der Waals surface area contributed by atoms with Crippen LogP contribution in [0.5, 0.6) is 0 Å². The zero-order valence-corrected chi connectivity index (χ0v) is 14.9. The second-order valence-electron chi connectivity index (χ2n) is 5.84. The summed E-state index contributed by atoms with van der Waals surface area (Å²) in [6.45, 7) is 0.198. The monoisotopic (exact) mass is 378 g/mol. The van der Waals surface area contributed by atoms with Crippen molar-refractivity contribution >= 4 is 34.4 Å². The normalized spacial score (nSPS) is 10.7. The number of hydrogen-bond acceptors (Lipinski definition) is 4. The molecule has 134 valence electrons. The number of para-hydroxylation sites is 1. The highest BCUT2D eigenvalue weighted by atomic mass is 35.5. The van der Waals surface area contributed by atoms with Crippen molar-refractivity contribution in [3.05, 3.63) is 77.6 Å². The number of rotatable bonds is 4. The number of imidazole rings is 1. The third-order valence-corrected chi connectivity index (χ3v) is 4.17. The van der Waals surface area contributed by atoms with E-state index in [2.05, 4.69) is 20.3 Å². The number of amides is 1. The van der Waals surface area contributed by atoms with E-state index in [0.29, 0.717) is 22.2 Å². The Hall–Kier alpha value is -3.38. The number of H-pyrrole nitrogens is 1. The molecule has 0 atom stereocenters. The fourth-order valence-corrected chi connectivity index (χ4v) is 2.86. The Bertz CT molecular complexity index is 1100. The Morgan fingerprint density at radius 1 is 1.11 bits per heavy atom. The largest absolute Gasteiger partial charge is 0.444 e. The molecule has 4 rings (SSSR count). The van der Waals surface area contributed by atoms with E-state index in [1.165, 1.54) is 0 Å². The van der Waals surface area contributed by atoms with E-state index in [9.17, 15) is 4.79 Å². The quantitative estimate of drug-likeness (QED) is 0.488. The molecule has 0 aliphatic rings. The van der Waals surface area contributed by atoms with Gasteiger partial charge in [0.15, 0.2) is 0 Å². The van der Waals surface area contributed by atoms with Gasteiger partial charge in [-0.1, -0.05) is 48.0 Å². The van der Waals surface area contributed by atoms with Crippen LogP contribution in [0.1, 0.15) is 5.56 Å². The zero-order valence-electron chi connectivity index (χ0n) is 14.1. The van der Waals surface area contributed by atoms with E-state index in [-0.39, 0.29) is 6.61 Å². The van der Waals surface area contributed by atoms with Crippen molar-refractivity contribution < 1.29 is 9.53 Å². The standard InChI is InChI=1S/C20H15ClN4O2/c21-17-11-14(9-10-22-17)19-23-15-7-4-8-16(18(15)25-19)24-20(26)27-12-13-5-2-1-3-6-13/h1-11H,12H2,(H,23,25)(H,24,26). The molecule has 0 bridgehead atoms. The van der Waals surface area contributed by atoms with Crippen molar-refractivity contribution in [2.45, 2.75) is 6.61 Å². The van der Waals surface area contributed by atoms with Crippen molar-refractivity contribution in [1.82, 2.24) is 15.0 Å². The number of nitrogens with one attached hydrogen (secondary N) is 2. The molecule has 2 aromatic heterocycles. The van der Waals surface area contributed by atoms with Gasteiger partial charge in [-0.25, -0.2) is 14.8 Å². The topological polar surface area (TPSA) is 79.9 Å². The maximum Gasteiger partial charge on any atom is 0.412 e. The number of carbonyl (C=O) groups is 1. The summed E-state index contributed by atoms with van der Waals surface area (Å²) in [5.74, 6) is 0.640. The van der Waals surface area contributed by atoms with E-state index in [4.69, 9.17) is 16.3 Å². The van der Waals surface area contributed by atoms with Gasteiger partial charge in [-0.3, -0.25) is 5.32 Å². The van der Waals surface area contributed by atoms with Crippen molar-refractivity contribution in [1.29, 1.82) is 0 Å². The first kappa shape index (κ1) is 17.1. The Balaban J connectivity index is 1.54. The Morgan fingerprint density at radius 2 is 1.96 bits per heavy atom. The van der Waals surface area contributed by atoms with Crippen LogP contribution in [0.3, 0.4) is 0 Å². The summed E-state index contributed by atoms with van der Waals surface area (Å²) < 4.78 is 5.27. The number of carbonyl (C=O) groups excluding carboxylic acids is 1. The maximum atomic E-state index is 12.2. The Labute approximate surface area is 160 Å². The van der Waals surface area contributed by atoms with Crippen LogP contribution in [-0.4, -0.2) is 21.0 Å². The number of aromatic amines is 1. The summed E-state index contributed by atoms with van der Waals surface area (Å²) in [5.41, 5.74) is 3.72. The first-order valence-electron chi connectivity index (χ1n) is 8.27. The lowest BCUT2D eigenvalue weighted by Gasteiger charge is -2.07. The summed E-state index contributed by atoms with van der Waals surface area (Å²) in [4.78, 5) is 23.9. The Kier molecular flexibility index (Phi) is 4.72. The molecule has 0 unspecified atom stereocenters. The summed E-state index contributed by atoms with van der Waals surface area (Å²) >= 11 is 5.95. The zero-order chi connectivity index (χ0) is 18.6. The molecule has 27 heavy (non-hydrogen) atoms. The fourth-order valence-electron chi connectivity index (χ4n) is 2.69. The molecular formula is C20H15ClN4O2. The van der Waals surface area contributed by atoms with Gasteiger partial charge < -0.3 is 9.72 Å². The van der Waals surface area contributed by atoms with Gasteiger partial charge in [0.25, 0.3) is 0 Å². The molecule has 1 amide bonds. The molecule has 2 heterocycles. The number of pyridine rings is 1. The van der Waals surface area contributed by atoms with E-state index < -0.39 is 6.09 Å². The number of ether oxygens (including phenoxy) is 1. The van der Waals surface area contributed by atoms with E-state index in [0.717, 1.165) is 16.6 Å². The van der Waals surface area contributed by atoms with Crippen LogP contribution in [0.25, 0.3) is 22.4 Å². The van der Waals surface area contributed by atoms with Crippen LogP contribution >= 0.6 is 11.6 Å². The molecular weight excluding hydrogens is 364 g/mol. The van der Waals surface area contributed by atoms with Gasteiger partial charge in [0, 0.05) is 11.8 Å². The van der Waals surface area contributed by atoms with Crippen LogP contribution in [0.4, 0.5) is 10.5 Å². The minimum absolute atomic E-state index is 0.198. The molecule has 0 fully saturated rings. The highest BCUT2D eigenvalue weighted by molar-refractivity contribution is 6.29. The van der Waals surface area contributed by atoms with Crippen molar-refractivity contribution in [3.8, 4) is 11.4 Å². The number of fused-ring (bicyclic) bond motifs is 1. The molecule has 0 saturated carbocycles. The molecule has 0 saturated heterocycles. The number of aromatic nitrogens is 3. The molecule has 4 aromatic rings. The predicted molar refractivity (Wildman–Crippen MR) is 105 cm³/mol. The number of halogens is 1. The summed E-state index contributed by atoms with van der Waals surface area (Å²) in [6.07, 6.45) is 1.08. The van der Waals surface area contributed by atoms with E-state index in [1.807, 2.05) is 48.5 Å². The third kappa shape index (κ3) is 3.91. The number of benzene rings is 2. The number of hydrogen-bond donors (Lipinski definition) is 2. The first-order chi connectivity index (χ1) is 13.2. The fraction of sp³-hybridized carbons (Fsp3) is 0.0500. The summed E-state index contributed by atoms with van der Waals surface area (Å²) in [6, 6.07) is 18.5. The van der Waals surface area contributed by atoms with Crippen molar-refractivity contribution in [2.75, 3.05) is 5.32 Å². The second-order valence-corrected chi connectivity index (χ2v) is 6.23. The minimum atomic E-state index is -0.539. The molecule has 0 aliphatic carbocycles. The first-order valence-corrected chi connectivity index (χ1v) is 8.65. The summed E-state index contributed by atoms with van der Waals surface area (Å²) in [7, 11) is 0.